The molecule has 0 radical (unpaired) electrons. The van der Waals surface area contributed by atoms with E-state index in [1.54, 1.807) is 36.1 Å². The summed E-state index contributed by atoms with van der Waals surface area (Å²) in [5, 5.41) is 2.45. The molecule has 31 heavy (non-hydrogen) atoms. The van der Waals surface area contributed by atoms with E-state index in [-0.39, 0.29) is 36.9 Å². The molecule has 2 heterocycles. The standard InChI is InChI=1S/C22H20F3N3O3/c1-21-11-9-19(30)28(21)17-8-3-2-7-16(17)20(31)27(21)12-10-18(29)26-15-6-4-5-14(13-15)22(23,24)25/h2-8,13H,9-12H2,1H3,(H,26,29). The van der Waals surface area contributed by atoms with Gasteiger partial charge in [-0.15, -0.1) is 0 Å². The molecule has 9 heteroatoms. The molecule has 0 spiro atoms. The Bertz CT molecular complexity index is 1070. The Balaban J connectivity index is 1.51. The zero-order chi connectivity index (χ0) is 22.4. The van der Waals surface area contributed by atoms with Crippen LogP contribution in [0.1, 0.15) is 42.1 Å². The summed E-state index contributed by atoms with van der Waals surface area (Å²) in [5.41, 5.74) is -0.783. The maximum Gasteiger partial charge on any atom is 0.416 e. The summed E-state index contributed by atoms with van der Waals surface area (Å²) in [6.45, 7) is 1.81. The van der Waals surface area contributed by atoms with E-state index in [0.717, 1.165) is 12.1 Å². The van der Waals surface area contributed by atoms with Crippen molar-refractivity contribution in [3.63, 3.8) is 0 Å². The minimum atomic E-state index is -4.51. The fourth-order valence-corrected chi connectivity index (χ4v) is 4.25. The van der Waals surface area contributed by atoms with Gasteiger partial charge in [-0.1, -0.05) is 18.2 Å². The fourth-order valence-electron chi connectivity index (χ4n) is 4.25. The van der Waals surface area contributed by atoms with Gasteiger partial charge in [-0.25, -0.2) is 0 Å². The molecule has 3 amide bonds. The Hall–Kier alpha value is -3.36. The number of carbonyl (C=O) groups excluding carboxylic acids is 3. The molecule has 1 saturated heterocycles. The molecule has 4 rings (SSSR count). The number of benzene rings is 2. The van der Waals surface area contributed by atoms with Crippen molar-refractivity contribution >= 4 is 29.1 Å². The van der Waals surface area contributed by atoms with Crippen LogP contribution in [0.25, 0.3) is 0 Å². The lowest BCUT2D eigenvalue weighted by atomic mass is 9.98. The quantitative estimate of drug-likeness (QED) is 0.795. The number of hydrogen-bond acceptors (Lipinski definition) is 3. The zero-order valence-electron chi connectivity index (χ0n) is 16.7. The van der Waals surface area contributed by atoms with Crippen molar-refractivity contribution in [2.24, 2.45) is 0 Å². The molecule has 2 aliphatic heterocycles. The highest BCUT2D eigenvalue weighted by atomic mass is 19.4. The highest BCUT2D eigenvalue weighted by Crippen LogP contribution is 2.44. The van der Waals surface area contributed by atoms with Gasteiger partial charge >= 0.3 is 6.18 Å². The molecule has 1 unspecified atom stereocenters. The van der Waals surface area contributed by atoms with Gasteiger partial charge in [0.25, 0.3) is 5.91 Å². The first-order valence-electron chi connectivity index (χ1n) is 9.82. The first kappa shape index (κ1) is 20.9. The van der Waals surface area contributed by atoms with Crippen molar-refractivity contribution in [3.8, 4) is 0 Å². The molecule has 2 aromatic carbocycles. The van der Waals surface area contributed by atoms with Crippen molar-refractivity contribution in [3.05, 3.63) is 59.7 Å². The zero-order valence-corrected chi connectivity index (χ0v) is 16.7. The Morgan fingerprint density at radius 2 is 1.87 bits per heavy atom. The number of alkyl halides is 3. The molecular weight excluding hydrogens is 411 g/mol. The summed E-state index contributed by atoms with van der Waals surface area (Å²) in [6.07, 6.45) is -3.92. The van der Waals surface area contributed by atoms with E-state index >= 15 is 0 Å². The molecule has 0 bridgehead atoms. The van der Waals surface area contributed by atoms with Crippen LogP contribution in [0, 0.1) is 0 Å². The van der Waals surface area contributed by atoms with Crippen molar-refractivity contribution in [1.82, 2.24) is 4.90 Å². The monoisotopic (exact) mass is 431 g/mol. The van der Waals surface area contributed by atoms with E-state index in [4.69, 9.17) is 0 Å². The predicted molar refractivity (Wildman–Crippen MR) is 107 cm³/mol. The van der Waals surface area contributed by atoms with E-state index in [2.05, 4.69) is 5.32 Å². The van der Waals surface area contributed by atoms with Crippen molar-refractivity contribution < 1.29 is 27.6 Å². The number of fused-ring (bicyclic) bond motifs is 3. The topological polar surface area (TPSA) is 69.7 Å². The number of halogens is 3. The van der Waals surface area contributed by atoms with Gasteiger partial charge < -0.3 is 10.2 Å². The van der Waals surface area contributed by atoms with Crippen LogP contribution in [0.5, 0.6) is 0 Å². The molecule has 0 aromatic heterocycles. The number of hydrogen-bond donors (Lipinski definition) is 1. The Morgan fingerprint density at radius 3 is 2.61 bits per heavy atom. The average Bonchev–Trinajstić information content (AvgIpc) is 3.02. The second-order valence-corrected chi connectivity index (χ2v) is 7.80. The number of nitrogens with one attached hydrogen (secondary N) is 1. The van der Waals surface area contributed by atoms with E-state index in [9.17, 15) is 27.6 Å². The van der Waals surface area contributed by atoms with E-state index < -0.39 is 23.3 Å². The van der Waals surface area contributed by atoms with E-state index in [1.165, 1.54) is 17.0 Å². The molecule has 6 nitrogen and oxygen atoms in total. The number of nitrogens with zero attached hydrogens (tertiary/aromatic N) is 2. The summed E-state index contributed by atoms with van der Waals surface area (Å²) in [6, 6.07) is 11.2. The Kier molecular flexibility index (Phi) is 4.99. The molecule has 0 aliphatic carbocycles. The van der Waals surface area contributed by atoms with Crippen LogP contribution in [0.15, 0.2) is 48.5 Å². The minimum Gasteiger partial charge on any atom is -0.326 e. The van der Waals surface area contributed by atoms with Gasteiger partial charge in [0.15, 0.2) is 0 Å². The summed E-state index contributed by atoms with van der Waals surface area (Å²) in [5.74, 6) is -0.901. The third-order valence-electron chi connectivity index (χ3n) is 5.78. The third-order valence-corrected chi connectivity index (χ3v) is 5.78. The smallest absolute Gasteiger partial charge is 0.326 e. The highest BCUT2D eigenvalue weighted by molar-refractivity contribution is 6.10. The van der Waals surface area contributed by atoms with Gasteiger partial charge in [-0.2, -0.15) is 13.2 Å². The van der Waals surface area contributed by atoms with Gasteiger partial charge in [0.2, 0.25) is 11.8 Å². The fraction of sp³-hybridized carbons (Fsp3) is 0.318. The lowest BCUT2D eigenvalue weighted by Crippen LogP contribution is -2.62. The SMILES string of the molecule is CC12CCC(=O)N1c1ccccc1C(=O)N2CCC(=O)Nc1cccc(C(F)(F)F)c1. The van der Waals surface area contributed by atoms with Crippen LogP contribution in [0.4, 0.5) is 24.5 Å². The van der Waals surface area contributed by atoms with Crippen LogP contribution in [-0.4, -0.2) is 34.8 Å². The second-order valence-electron chi connectivity index (χ2n) is 7.80. The molecule has 2 aromatic rings. The van der Waals surface area contributed by atoms with Crippen molar-refractivity contribution in [2.75, 3.05) is 16.8 Å². The normalized spacial score (nSPS) is 20.5. The summed E-state index contributed by atoms with van der Waals surface area (Å²) < 4.78 is 38.6. The lowest BCUT2D eigenvalue weighted by molar-refractivity contribution is -0.137. The van der Waals surface area contributed by atoms with Crippen LogP contribution >= 0.6 is 0 Å². The van der Waals surface area contributed by atoms with Crippen molar-refractivity contribution in [1.29, 1.82) is 0 Å². The van der Waals surface area contributed by atoms with E-state index in [1.807, 2.05) is 0 Å². The second kappa shape index (κ2) is 7.40. The molecule has 2 aliphatic rings. The minimum absolute atomic E-state index is 0.0260. The van der Waals surface area contributed by atoms with Crippen molar-refractivity contribution in [2.45, 2.75) is 38.0 Å². The van der Waals surface area contributed by atoms with Crippen LogP contribution in [0.3, 0.4) is 0 Å². The van der Waals surface area contributed by atoms with E-state index in [0.29, 0.717) is 17.7 Å². The number of para-hydroxylation sites is 1. The highest BCUT2D eigenvalue weighted by Gasteiger charge is 2.52. The van der Waals surface area contributed by atoms with Crippen LogP contribution in [-0.2, 0) is 15.8 Å². The predicted octanol–water partition coefficient (Wildman–Crippen LogP) is 4.03. The molecular formula is C22H20F3N3O3. The Morgan fingerprint density at radius 1 is 1.13 bits per heavy atom. The number of rotatable bonds is 4. The molecule has 1 N–H and O–H groups in total. The Labute approximate surface area is 176 Å². The summed E-state index contributed by atoms with van der Waals surface area (Å²) >= 11 is 0. The molecule has 162 valence electrons. The summed E-state index contributed by atoms with van der Waals surface area (Å²) in [4.78, 5) is 41.2. The maximum absolute atomic E-state index is 13.1. The largest absolute Gasteiger partial charge is 0.416 e. The molecule has 0 saturated carbocycles. The third kappa shape index (κ3) is 3.64. The number of amides is 3. The molecule has 1 fully saturated rings. The first-order valence-corrected chi connectivity index (χ1v) is 9.82. The van der Waals surface area contributed by atoms with Gasteiger partial charge in [0.05, 0.1) is 16.8 Å². The van der Waals surface area contributed by atoms with Gasteiger partial charge in [0.1, 0.15) is 5.66 Å². The molecule has 1 atom stereocenters. The maximum atomic E-state index is 13.1. The average molecular weight is 431 g/mol. The number of carbonyl (C=O) groups is 3. The van der Waals surface area contributed by atoms with Gasteiger partial charge in [-0.05, 0) is 43.7 Å². The first-order chi connectivity index (χ1) is 14.6. The van der Waals surface area contributed by atoms with Crippen LogP contribution < -0.4 is 10.2 Å². The van der Waals surface area contributed by atoms with Gasteiger partial charge in [0, 0.05) is 25.1 Å². The lowest BCUT2D eigenvalue weighted by Gasteiger charge is -2.48. The van der Waals surface area contributed by atoms with Gasteiger partial charge in [-0.3, -0.25) is 19.3 Å². The number of anilines is 2. The summed E-state index contributed by atoms with van der Waals surface area (Å²) in [7, 11) is 0. The van der Waals surface area contributed by atoms with Crippen LogP contribution in [0.2, 0.25) is 0 Å².